The van der Waals surface area contributed by atoms with E-state index in [2.05, 4.69) is 12.2 Å². The second kappa shape index (κ2) is 7.25. The molecule has 0 aliphatic carbocycles. The van der Waals surface area contributed by atoms with Crippen LogP contribution in [0.3, 0.4) is 0 Å². The summed E-state index contributed by atoms with van der Waals surface area (Å²) in [6.07, 6.45) is 4.67. The first-order valence-corrected chi connectivity index (χ1v) is 5.90. The van der Waals surface area contributed by atoms with Gasteiger partial charge in [-0.2, -0.15) is 0 Å². The number of carbonyl (C=O) groups is 2. The van der Waals surface area contributed by atoms with E-state index in [1.165, 1.54) is 0 Å². The van der Waals surface area contributed by atoms with Crippen molar-refractivity contribution in [1.29, 1.82) is 0 Å². The second-order valence-corrected chi connectivity index (χ2v) is 4.81. The normalized spacial score (nSPS) is 11.2. The predicted molar refractivity (Wildman–Crippen MR) is 63.2 cm³/mol. The zero-order valence-corrected chi connectivity index (χ0v) is 10.5. The van der Waals surface area contributed by atoms with Gasteiger partial charge in [0.05, 0.1) is 6.42 Å². The molecular formula is C12H23NO3. The minimum atomic E-state index is -0.892. The number of carboxylic acid groups (broad SMARTS) is 1. The van der Waals surface area contributed by atoms with E-state index in [4.69, 9.17) is 5.11 Å². The molecule has 4 nitrogen and oxygen atoms in total. The summed E-state index contributed by atoms with van der Waals surface area (Å²) in [5.41, 5.74) is -0.659. The van der Waals surface area contributed by atoms with Gasteiger partial charge in [-0.05, 0) is 20.3 Å². The van der Waals surface area contributed by atoms with Crippen LogP contribution < -0.4 is 5.32 Å². The van der Waals surface area contributed by atoms with Crippen LogP contribution in [0.15, 0.2) is 0 Å². The first kappa shape index (κ1) is 14.9. The first-order chi connectivity index (χ1) is 7.37. The van der Waals surface area contributed by atoms with Crippen molar-refractivity contribution in [3.8, 4) is 0 Å². The molecule has 0 rings (SSSR count). The Morgan fingerprint density at radius 3 is 2.31 bits per heavy atom. The molecule has 0 spiro atoms. The molecule has 0 saturated carbocycles. The van der Waals surface area contributed by atoms with Crippen LogP contribution in [0.1, 0.15) is 59.3 Å². The highest BCUT2D eigenvalue weighted by atomic mass is 16.4. The number of carbonyl (C=O) groups excluding carboxylic acids is 1. The molecule has 0 heterocycles. The molecule has 0 atom stereocenters. The molecule has 1 amide bonds. The summed E-state index contributed by atoms with van der Waals surface area (Å²) in [6, 6.07) is 0. The van der Waals surface area contributed by atoms with E-state index in [0.717, 1.165) is 25.7 Å². The Morgan fingerprint density at radius 1 is 1.19 bits per heavy atom. The van der Waals surface area contributed by atoms with Crippen molar-refractivity contribution in [2.45, 2.75) is 64.8 Å². The van der Waals surface area contributed by atoms with Crippen LogP contribution in [-0.4, -0.2) is 22.5 Å². The Balaban J connectivity index is 3.80. The number of rotatable bonds is 8. The van der Waals surface area contributed by atoms with Crippen LogP contribution >= 0.6 is 0 Å². The molecule has 0 aromatic carbocycles. The van der Waals surface area contributed by atoms with Gasteiger partial charge >= 0.3 is 5.97 Å². The van der Waals surface area contributed by atoms with Crippen LogP contribution in [0.4, 0.5) is 0 Å². The van der Waals surface area contributed by atoms with Gasteiger partial charge < -0.3 is 10.4 Å². The third kappa shape index (κ3) is 8.26. The highest BCUT2D eigenvalue weighted by Crippen LogP contribution is 2.09. The highest BCUT2D eigenvalue weighted by Gasteiger charge is 2.23. The fourth-order valence-electron chi connectivity index (χ4n) is 1.57. The maximum atomic E-state index is 11.5. The predicted octanol–water partition coefficient (Wildman–Crippen LogP) is 2.33. The standard InChI is InChI=1S/C12H23NO3/c1-4-5-6-7-8-10(14)13-12(2,3)9-11(15)16/h4-9H2,1-3H3,(H,13,14)(H,15,16). The van der Waals surface area contributed by atoms with Gasteiger partial charge in [-0.25, -0.2) is 0 Å². The molecule has 0 saturated heterocycles. The summed E-state index contributed by atoms with van der Waals surface area (Å²) in [5, 5.41) is 11.4. The van der Waals surface area contributed by atoms with Crippen molar-refractivity contribution in [3.63, 3.8) is 0 Å². The fraction of sp³-hybridized carbons (Fsp3) is 0.833. The average Bonchev–Trinajstić information content (AvgIpc) is 2.09. The van der Waals surface area contributed by atoms with Gasteiger partial charge in [-0.1, -0.05) is 26.2 Å². The van der Waals surface area contributed by atoms with Gasteiger partial charge in [0.2, 0.25) is 5.91 Å². The summed E-state index contributed by atoms with van der Waals surface area (Å²) in [6.45, 7) is 5.58. The van der Waals surface area contributed by atoms with Crippen molar-refractivity contribution < 1.29 is 14.7 Å². The number of aliphatic carboxylic acids is 1. The number of amides is 1. The topological polar surface area (TPSA) is 66.4 Å². The molecule has 4 heteroatoms. The molecule has 0 bridgehead atoms. The van der Waals surface area contributed by atoms with Crippen LogP contribution in [-0.2, 0) is 9.59 Å². The summed E-state index contributed by atoms with van der Waals surface area (Å²) in [4.78, 5) is 22.0. The van der Waals surface area contributed by atoms with E-state index in [1.807, 2.05) is 0 Å². The van der Waals surface area contributed by atoms with Gasteiger partial charge in [-0.15, -0.1) is 0 Å². The zero-order valence-electron chi connectivity index (χ0n) is 10.5. The molecule has 0 radical (unpaired) electrons. The van der Waals surface area contributed by atoms with Crippen LogP contribution in [0.5, 0.6) is 0 Å². The molecule has 0 aliphatic heterocycles. The van der Waals surface area contributed by atoms with Crippen LogP contribution in [0.25, 0.3) is 0 Å². The smallest absolute Gasteiger partial charge is 0.305 e. The van der Waals surface area contributed by atoms with E-state index in [1.54, 1.807) is 13.8 Å². The maximum absolute atomic E-state index is 11.5. The number of hydrogen-bond acceptors (Lipinski definition) is 2. The molecule has 0 aromatic rings. The SMILES string of the molecule is CCCCCCC(=O)NC(C)(C)CC(=O)O. The van der Waals surface area contributed by atoms with Crippen molar-refractivity contribution in [3.05, 3.63) is 0 Å². The van der Waals surface area contributed by atoms with Crippen LogP contribution in [0.2, 0.25) is 0 Å². The first-order valence-electron chi connectivity index (χ1n) is 5.90. The third-order valence-electron chi connectivity index (χ3n) is 2.33. The van der Waals surface area contributed by atoms with Crippen molar-refractivity contribution in [1.82, 2.24) is 5.32 Å². The third-order valence-corrected chi connectivity index (χ3v) is 2.33. The Morgan fingerprint density at radius 2 is 1.81 bits per heavy atom. The number of nitrogens with one attached hydrogen (secondary N) is 1. The lowest BCUT2D eigenvalue weighted by molar-refractivity contribution is -0.138. The average molecular weight is 229 g/mol. The van der Waals surface area contributed by atoms with E-state index in [9.17, 15) is 9.59 Å². The lowest BCUT2D eigenvalue weighted by atomic mass is 10.0. The highest BCUT2D eigenvalue weighted by molar-refractivity contribution is 5.78. The summed E-state index contributed by atoms with van der Waals surface area (Å²) in [7, 11) is 0. The lowest BCUT2D eigenvalue weighted by Crippen LogP contribution is -2.44. The quantitative estimate of drug-likeness (QED) is 0.628. The molecule has 0 aliphatic rings. The number of hydrogen-bond donors (Lipinski definition) is 2. The molecule has 16 heavy (non-hydrogen) atoms. The van der Waals surface area contributed by atoms with E-state index in [0.29, 0.717) is 6.42 Å². The van der Waals surface area contributed by atoms with Crippen LogP contribution in [0, 0.1) is 0 Å². The Bertz CT molecular complexity index is 236. The molecule has 0 unspecified atom stereocenters. The van der Waals surface area contributed by atoms with E-state index >= 15 is 0 Å². The Kier molecular flexibility index (Phi) is 6.77. The van der Waals surface area contributed by atoms with Crippen molar-refractivity contribution in [2.24, 2.45) is 0 Å². The molecule has 0 aromatic heterocycles. The van der Waals surface area contributed by atoms with Gasteiger partial charge in [-0.3, -0.25) is 9.59 Å². The molecule has 94 valence electrons. The van der Waals surface area contributed by atoms with Gasteiger partial charge in [0, 0.05) is 12.0 Å². The lowest BCUT2D eigenvalue weighted by Gasteiger charge is -2.24. The summed E-state index contributed by atoms with van der Waals surface area (Å²) >= 11 is 0. The number of carboxylic acids is 1. The zero-order chi connectivity index (χ0) is 12.6. The molecular weight excluding hydrogens is 206 g/mol. The van der Waals surface area contributed by atoms with Gasteiger partial charge in [0.15, 0.2) is 0 Å². The minimum Gasteiger partial charge on any atom is -0.481 e. The second-order valence-electron chi connectivity index (χ2n) is 4.81. The van der Waals surface area contributed by atoms with Crippen molar-refractivity contribution in [2.75, 3.05) is 0 Å². The Hall–Kier alpha value is -1.06. The van der Waals surface area contributed by atoms with E-state index in [-0.39, 0.29) is 12.3 Å². The van der Waals surface area contributed by atoms with Gasteiger partial charge in [0.1, 0.15) is 0 Å². The van der Waals surface area contributed by atoms with Crippen molar-refractivity contribution >= 4 is 11.9 Å². The van der Waals surface area contributed by atoms with Gasteiger partial charge in [0.25, 0.3) is 0 Å². The Labute approximate surface area is 97.4 Å². The monoisotopic (exact) mass is 229 g/mol. The number of unbranched alkanes of at least 4 members (excludes halogenated alkanes) is 3. The minimum absolute atomic E-state index is 0.0479. The molecule has 0 fully saturated rings. The van der Waals surface area contributed by atoms with E-state index < -0.39 is 11.5 Å². The largest absolute Gasteiger partial charge is 0.481 e. The maximum Gasteiger partial charge on any atom is 0.305 e. The summed E-state index contributed by atoms with van der Waals surface area (Å²) in [5.74, 6) is -0.946. The summed E-state index contributed by atoms with van der Waals surface area (Å²) < 4.78 is 0. The fourth-order valence-corrected chi connectivity index (χ4v) is 1.57. The molecule has 2 N–H and O–H groups in total.